The molecule has 0 saturated carbocycles. The van der Waals surface area contributed by atoms with E-state index in [4.69, 9.17) is 5.11 Å². The molecule has 2 aromatic rings. The van der Waals surface area contributed by atoms with Gasteiger partial charge in [-0.3, -0.25) is 9.78 Å². The molecule has 16 heavy (non-hydrogen) atoms. The number of carbonyl (C=O) groups is 1. The van der Waals surface area contributed by atoms with Crippen molar-refractivity contribution in [2.45, 2.75) is 6.42 Å². The summed E-state index contributed by atoms with van der Waals surface area (Å²) in [7, 11) is 0. The van der Waals surface area contributed by atoms with E-state index in [2.05, 4.69) is 4.98 Å². The van der Waals surface area contributed by atoms with E-state index in [0.29, 0.717) is 11.1 Å². The van der Waals surface area contributed by atoms with Crippen LogP contribution < -0.4 is 0 Å². The van der Waals surface area contributed by atoms with E-state index >= 15 is 0 Å². The number of nitrogens with zero attached hydrogens (tertiary/aromatic N) is 1. The predicted octanol–water partition coefficient (Wildman–Crippen LogP) is 2.17. The molecule has 0 unspecified atom stereocenters. The number of rotatable bonds is 2. The zero-order valence-electron chi connectivity index (χ0n) is 8.14. The Balaban J connectivity index is 2.56. The van der Waals surface area contributed by atoms with Crippen molar-refractivity contribution in [3.05, 3.63) is 33.5 Å². The number of hydrogen-bond donors (Lipinski definition) is 2. The predicted molar refractivity (Wildman–Crippen MR) is 67.5 cm³/mol. The third-order valence-electron chi connectivity index (χ3n) is 2.19. The van der Waals surface area contributed by atoms with E-state index in [9.17, 15) is 9.90 Å². The van der Waals surface area contributed by atoms with Crippen molar-refractivity contribution in [2.24, 2.45) is 0 Å². The quantitative estimate of drug-likeness (QED) is 0.829. The van der Waals surface area contributed by atoms with Crippen molar-refractivity contribution >= 4 is 39.5 Å². The van der Waals surface area contributed by atoms with Crippen molar-refractivity contribution in [2.75, 3.05) is 0 Å². The molecule has 0 fully saturated rings. The van der Waals surface area contributed by atoms with E-state index in [-0.39, 0.29) is 12.2 Å². The number of aromatic nitrogens is 1. The smallest absolute Gasteiger partial charge is 0.307 e. The number of fused-ring (bicyclic) bond motifs is 1. The molecule has 0 amide bonds. The van der Waals surface area contributed by atoms with Crippen LogP contribution in [0.25, 0.3) is 10.9 Å². The van der Waals surface area contributed by atoms with Gasteiger partial charge in [0.05, 0.1) is 9.99 Å². The van der Waals surface area contributed by atoms with Crippen molar-refractivity contribution < 1.29 is 15.0 Å². The number of aliphatic carboxylic acids is 1. The van der Waals surface area contributed by atoms with E-state index in [1.165, 1.54) is 6.20 Å². The maximum atomic E-state index is 10.5. The summed E-state index contributed by atoms with van der Waals surface area (Å²) in [5.74, 6) is -0.754. The molecular weight excluding hydrogens is 321 g/mol. The number of carboxylic acid groups (broad SMARTS) is 1. The minimum absolute atomic E-state index is 0.0598. The molecule has 0 atom stereocenters. The fourth-order valence-electron chi connectivity index (χ4n) is 1.48. The highest BCUT2D eigenvalue weighted by Gasteiger charge is 2.07. The number of phenolic OH excluding ortho intramolecular Hbond substituents is 1. The molecule has 0 spiro atoms. The van der Waals surface area contributed by atoms with E-state index in [1.54, 1.807) is 12.1 Å². The number of pyridine rings is 1. The van der Waals surface area contributed by atoms with Crippen LogP contribution in [0.1, 0.15) is 5.56 Å². The standard InChI is InChI=1S/C11H8INO3/c12-8-2-1-7-3-6(4-9(14)15)5-13-10(7)11(8)16/h1-3,5,16H,4H2,(H,14,15). The number of benzene rings is 1. The second-order valence-electron chi connectivity index (χ2n) is 3.38. The maximum absolute atomic E-state index is 10.5. The van der Waals surface area contributed by atoms with Gasteiger partial charge in [0.1, 0.15) is 5.52 Å². The Hall–Kier alpha value is -1.37. The van der Waals surface area contributed by atoms with E-state index < -0.39 is 5.97 Å². The summed E-state index contributed by atoms with van der Waals surface area (Å²) < 4.78 is 0.726. The summed E-state index contributed by atoms with van der Waals surface area (Å²) in [4.78, 5) is 14.6. The van der Waals surface area contributed by atoms with Gasteiger partial charge in [0.15, 0.2) is 5.75 Å². The van der Waals surface area contributed by atoms with Crippen LogP contribution in [0.4, 0.5) is 0 Å². The second kappa shape index (κ2) is 4.25. The first-order chi connectivity index (χ1) is 7.58. The molecule has 1 aromatic heterocycles. The highest BCUT2D eigenvalue weighted by Crippen LogP contribution is 2.28. The molecule has 2 N–H and O–H groups in total. The molecule has 0 saturated heterocycles. The SMILES string of the molecule is O=C(O)Cc1cnc2c(O)c(I)ccc2c1. The molecule has 0 bridgehead atoms. The molecule has 4 nitrogen and oxygen atoms in total. The number of hydrogen-bond acceptors (Lipinski definition) is 3. The van der Waals surface area contributed by atoms with Gasteiger partial charge in [-0.2, -0.15) is 0 Å². The van der Waals surface area contributed by atoms with Gasteiger partial charge in [-0.05, 0) is 40.3 Å². The fourth-order valence-corrected chi connectivity index (χ4v) is 1.91. The highest BCUT2D eigenvalue weighted by molar-refractivity contribution is 14.1. The topological polar surface area (TPSA) is 70.4 Å². The van der Waals surface area contributed by atoms with Gasteiger partial charge in [-0.1, -0.05) is 6.07 Å². The van der Waals surface area contributed by atoms with Crippen LogP contribution in [-0.4, -0.2) is 21.2 Å². The van der Waals surface area contributed by atoms with Crippen molar-refractivity contribution in [3.8, 4) is 5.75 Å². The summed E-state index contributed by atoms with van der Waals surface area (Å²) in [5.41, 5.74) is 1.13. The molecular formula is C11H8INO3. The van der Waals surface area contributed by atoms with Crippen LogP contribution in [0, 0.1) is 3.57 Å². The lowest BCUT2D eigenvalue weighted by molar-refractivity contribution is -0.136. The maximum Gasteiger partial charge on any atom is 0.307 e. The molecule has 0 radical (unpaired) electrons. The lowest BCUT2D eigenvalue weighted by Gasteiger charge is -2.04. The minimum Gasteiger partial charge on any atom is -0.505 e. The normalized spacial score (nSPS) is 10.6. The van der Waals surface area contributed by atoms with Gasteiger partial charge in [-0.15, -0.1) is 0 Å². The minimum atomic E-state index is -0.893. The van der Waals surface area contributed by atoms with Crippen LogP contribution >= 0.6 is 22.6 Å². The molecule has 0 aliphatic heterocycles. The second-order valence-corrected chi connectivity index (χ2v) is 4.54. The van der Waals surface area contributed by atoms with Crippen LogP contribution in [0.5, 0.6) is 5.75 Å². The third kappa shape index (κ3) is 2.08. The Morgan fingerprint density at radius 3 is 2.88 bits per heavy atom. The average Bonchev–Trinajstić information content (AvgIpc) is 2.23. The lowest BCUT2D eigenvalue weighted by atomic mass is 10.1. The van der Waals surface area contributed by atoms with Gasteiger partial charge in [0, 0.05) is 11.6 Å². The Morgan fingerprint density at radius 2 is 2.19 bits per heavy atom. The average molecular weight is 329 g/mol. The lowest BCUT2D eigenvalue weighted by Crippen LogP contribution is -2.00. The number of aromatic hydroxyl groups is 1. The van der Waals surface area contributed by atoms with Crippen molar-refractivity contribution in [3.63, 3.8) is 0 Å². The first kappa shape index (κ1) is 11.1. The Kier molecular flexibility index (Phi) is 2.95. The van der Waals surface area contributed by atoms with Crippen LogP contribution in [0.15, 0.2) is 24.4 Å². The van der Waals surface area contributed by atoms with Gasteiger partial charge >= 0.3 is 5.97 Å². The summed E-state index contributed by atoms with van der Waals surface area (Å²) >= 11 is 2.02. The zero-order chi connectivity index (χ0) is 11.7. The number of phenols is 1. The number of halogens is 1. The molecule has 2 rings (SSSR count). The largest absolute Gasteiger partial charge is 0.505 e. The Morgan fingerprint density at radius 1 is 1.44 bits per heavy atom. The van der Waals surface area contributed by atoms with Crippen LogP contribution in [-0.2, 0) is 11.2 Å². The molecule has 0 aliphatic rings. The van der Waals surface area contributed by atoms with Crippen LogP contribution in [0.2, 0.25) is 0 Å². The molecule has 1 heterocycles. The fraction of sp³-hybridized carbons (Fsp3) is 0.0909. The van der Waals surface area contributed by atoms with Gasteiger partial charge in [-0.25, -0.2) is 0 Å². The van der Waals surface area contributed by atoms with Crippen molar-refractivity contribution in [1.82, 2.24) is 4.98 Å². The number of carboxylic acids is 1. The van der Waals surface area contributed by atoms with Crippen molar-refractivity contribution in [1.29, 1.82) is 0 Å². The summed E-state index contributed by atoms with van der Waals surface area (Å²) in [5, 5.41) is 19.2. The zero-order valence-corrected chi connectivity index (χ0v) is 10.3. The Labute approximate surface area is 105 Å². The van der Waals surface area contributed by atoms with Gasteiger partial charge in [0.2, 0.25) is 0 Å². The molecule has 5 heteroatoms. The highest BCUT2D eigenvalue weighted by atomic mass is 127. The monoisotopic (exact) mass is 329 g/mol. The molecule has 82 valence electrons. The summed E-state index contributed by atoms with van der Waals surface area (Å²) in [6.07, 6.45) is 1.42. The van der Waals surface area contributed by atoms with Gasteiger partial charge in [0.25, 0.3) is 0 Å². The van der Waals surface area contributed by atoms with E-state index in [1.807, 2.05) is 28.7 Å². The Bertz CT molecular complexity index is 568. The van der Waals surface area contributed by atoms with Gasteiger partial charge < -0.3 is 10.2 Å². The van der Waals surface area contributed by atoms with E-state index in [0.717, 1.165) is 8.96 Å². The first-order valence-corrected chi connectivity index (χ1v) is 5.63. The molecule has 1 aromatic carbocycles. The molecule has 0 aliphatic carbocycles. The first-order valence-electron chi connectivity index (χ1n) is 4.56. The third-order valence-corrected chi connectivity index (χ3v) is 3.06. The summed E-state index contributed by atoms with van der Waals surface area (Å²) in [6, 6.07) is 5.31. The summed E-state index contributed by atoms with van der Waals surface area (Å²) in [6.45, 7) is 0. The van der Waals surface area contributed by atoms with Crippen LogP contribution in [0.3, 0.4) is 0 Å².